The molecule has 0 radical (unpaired) electrons. The van der Waals surface area contributed by atoms with Crippen molar-refractivity contribution in [2.45, 2.75) is 29.7 Å². The predicted octanol–water partition coefficient (Wildman–Crippen LogP) is 3.40. The highest BCUT2D eigenvalue weighted by atomic mass is 35.5. The van der Waals surface area contributed by atoms with Gasteiger partial charge in [0.15, 0.2) is 9.84 Å². The summed E-state index contributed by atoms with van der Waals surface area (Å²) in [5.41, 5.74) is -2.37. The van der Waals surface area contributed by atoms with Gasteiger partial charge >= 0.3 is 6.18 Å². The molecule has 0 saturated heterocycles. The van der Waals surface area contributed by atoms with E-state index in [4.69, 9.17) is 11.6 Å². The van der Waals surface area contributed by atoms with Crippen molar-refractivity contribution < 1.29 is 26.5 Å². The van der Waals surface area contributed by atoms with Crippen LogP contribution in [-0.4, -0.2) is 24.5 Å². The molecule has 1 aromatic carbocycles. The van der Waals surface area contributed by atoms with E-state index in [0.29, 0.717) is 12.1 Å². The van der Waals surface area contributed by atoms with Crippen molar-refractivity contribution in [3.8, 4) is 0 Å². The van der Waals surface area contributed by atoms with E-state index in [-0.39, 0.29) is 18.4 Å². The van der Waals surface area contributed by atoms with E-state index in [0.717, 1.165) is 0 Å². The summed E-state index contributed by atoms with van der Waals surface area (Å²) in [6.45, 7) is 1.29. The summed E-state index contributed by atoms with van der Waals surface area (Å²) in [5.74, 6) is 0.00876. The molecule has 1 aromatic rings. The molecule has 1 rings (SSSR count). The highest BCUT2D eigenvalue weighted by Crippen LogP contribution is 2.35. The number of sulfone groups is 1. The van der Waals surface area contributed by atoms with Crippen molar-refractivity contribution >= 4 is 27.1 Å². The standard InChI is InChI=1S/C11H11ClF3NO4S/c1-7(4-5-12)21(19,20)10-3-2-8(11(13,14)15)6-9(10)16(17)18/h2-3,6-7H,4-5H2,1H3. The first-order chi connectivity index (χ1) is 9.51. The zero-order valence-corrected chi connectivity index (χ0v) is 12.3. The van der Waals surface area contributed by atoms with Gasteiger partial charge in [-0.25, -0.2) is 8.42 Å². The monoisotopic (exact) mass is 345 g/mol. The van der Waals surface area contributed by atoms with Gasteiger partial charge in [-0.15, -0.1) is 11.6 Å². The van der Waals surface area contributed by atoms with Crippen LogP contribution in [0.3, 0.4) is 0 Å². The molecule has 0 aliphatic carbocycles. The maximum atomic E-state index is 12.5. The maximum Gasteiger partial charge on any atom is 0.416 e. The lowest BCUT2D eigenvalue weighted by Gasteiger charge is -2.13. The first-order valence-corrected chi connectivity index (χ1v) is 7.75. The lowest BCUT2D eigenvalue weighted by atomic mass is 10.2. The Morgan fingerprint density at radius 2 is 1.95 bits per heavy atom. The number of alkyl halides is 4. The Balaban J connectivity index is 3.48. The summed E-state index contributed by atoms with van der Waals surface area (Å²) < 4.78 is 62.0. The SMILES string of the molecule is CC(CCCl)S(=O)(=O)c1ccc(C(F)(F)F)cc1[N+](=O)[O-]. The van der Waals surface area contributed by atoms with Crippen LogP contribution >= 0.6 is 11.6 Å². The maximum absolute atomic E-state index is 12.5. The minimum absolute atomic E-state index is 0.00876. The van der Waals surface area contributed by atoms with Crippen LogP contribution in [0.25, 0.3) is 0 Å². The summed E-state index contributed by atoms with van der Waals surface area (Å²) in [4.78, 5) is 8.99. The van der Waals surface area contributed by atoms with Crippen molar-refractivity contribution in [2.24, 2.45) is 0 Å². The fourth-order valence-corrected chi connectivity index (χ4v) is 3.60. The molecule has 0 saturated carbocycles. The molecule has 0 bridgehead atoms. The molecule has 1 atom stereocenters. The summed E-state index contributed by atoms with van der Waals surface area (Å²) in [6, 6.07) is 1.34. The van der Waals surface area contributed by atoms with Gasteiger partial charge in [0.2, 0.25) is 0 Å². The average Bonchev–Trinajstić information content (AvgIpc) is 2.37. The van der Waals surface area contributed by atoms with Crippen LogP contribution in [0.2, 0.25) is 0 Å². The van der Waals surface area contributed by atoms with Gasteiger partial charge in [0.1, 0.15) is 4.90 Å². The van der Waals surface area contributed by atoms with E-state index in [1.165, 1.54) is 6.92 Å². The Labute approximate surface area is 123 Å². The lowest BCUT2D eigenvalue weighted by Crippen LogP contribution is -2.20. The molecule has 0 heterocycles. The molecule has 10 heteroatoms. The minimum Gasteiger partial charge on any atom is -0.258 e. The largest absolute Gasteiger partial charge is 0.416 e. The minimum atomic E-state index is -4.80. The van der Waals surface area contributed by atoms with Crippen molar-refractivity contribution in [1.29, 1.82) is 0 Å². The summed E-state index contributed by atoms with van der Waals surface area (Å²) in [5, 5.41) is 9.84. The molecule has 0 N–H and O–H groups in total. The molecule has 0 aromatic heterocycles. The average molecular weight is 346 g/mol. The van der Waals surface area contributed by atoms with Gasteiger partial charge in [0.25, 0.3) is 5.69 Å². The van der Waals surface area contributed by atoms with E-state index in [2.05, 4.69) is 0 Å². The van der Waals surface area contributed by atoms with Gasteiger partial charge in [-0.2, -0.15) is 13.2 Å². The van der Waals surface area contributed by atoms with E-state index < -0.39 is 42.3 Å². The van der Waals surface area contributed by atoms with Gasteiger partial charge < -0.3 is 0 Å². The van der Waals surface area contributed by atoms with E-state index in [1.807, 2.05) is 0 Å². The number of rotatable bonds is 5. The van der Waals surface area contributed by atoms with E-state index in [1.54, 1.807) is 0 Å². The Morgan fingerprint density at radius 3 is 2.38 bits per heavy atom. The van der Waals surface area contributed by atoms with Crippen LogP contribution < -0.4 is 0 Å². The van der Waals surface area contributed by atoms with Crippen molar-refractivity contribution in [1.82, 2.24) is 0 Å². The fourth-order valence-electron chi connectivity index (χ4n) is 1.60. The first kappa shape index (κ1) is 17.7. The van der Waals surface area contributed by atoms with Crippen LogP contribution in [0.1, 0.15) is 18.9 Å². The number of nitro benzene ring substituents is 1. The Kier molecular flexibility index (Phi) is 5.21. The molecule has 0 spiro atoms. The number of hydrogen-bond donors (Lipinski definition) is 0. The lowest BCUT2D eigenvalue weighted by molar-refractivity contribution is -0.388. The number of hydrogen-bond acceptors (Lipinski definition) is 4. The molecule has 21 heavy (non-hydrogen) atoms. The van der Waals surface area contributed by atoms with Crippen LogP contribution in [0, 0.1) is 10.1 Å². The van der Waals surface area contributed by atoms with Crippen LogP contribution in [0.15, 0.2) is 23.1 Å². The third-order valence-corrected chi connectivity index (χ3v) is 5.31. The molecule has 0 aliphatic rings. The zero-order chi connectivity index (χ0) is 16.4. The topological polar surface area (TPSA) is 77.3 Å². The number of nitro groups is 1. The second kappa shape index (κ2) is 6.18. The van der Waals surface area contributed by atoms with Crippen molar-refractivity contribution in [3.63, 3.8) is 0 Å². The fraction of sp³-hybridized carbons (Fsp3) is 0.455. The highest BCUT2D eigenvalue weighted by molar-refractivity contribution is 7.92. The zero-order valence-electron chi connectivity index (χ0n) is 10.7. The summed E-state index contributed by atoms with van der Waals surface area (Å²) >= 11 is 5.43. The van der Waals surface area contributed by atoms with Crippen molar-refractivity contribution in [3.05, 3.63) is 33.9 Å². The van der Waals surface area contributed by atoms with E-state index >= 15 is 0 Å². The molecule has 5 nitrogen and oxygen atoms in total. The summed E-state index contributed by atoms with van der Waals surface area (Å²) in [7, 11) is -4.13. The third-order valence-electron chi connectivity index (χ3n) is 2.83. The van der Waals surface area contributed by atoms with E-state index in [9.17, 15) is 31.7 Å². The van der Waals surface area contributed by atoms with Crippen molar-refractivity contribution in [2.75, 3.05) is 5.88 Å². The quantitative estimate of drug-likeness (QED) is 0.465. The van der Waals surface area contributed by atoms with Gasteiger partial charge in [0.05, 0.1) is 15.7 Å². The second-order valence-corrected chi connectivity index (χ2v) is 6.98. The van der Waals surface area contributed by atoms with Crippen LogP contribution in [-0.2, 0) is 16.0 Å². The Hall–Kier alpha value is -1.35. The van der Waals surface area contributed by atoms with Gasteiger partial charge in [-0.05, 0) is 25.5 Å². The number of nitrogens with zero attached hydrogens (tertiary/aromatic N) is 1. The normalized spacial score (nSPS) is 14.0. The molecule has 0 fully saturated rings. The molecule has 118 valence electrons. The molecule has 0 aliphatic heterocycles. The molecule has 1 unspecified atom stereocenters. The Morgan fingerprint density at radius 1 is 1.38 bits per heavy atom. The van der Waals surface area contributed by atoms with Gasteiger partial charge in [-0.1, -0.05) is 0 Å². The first-order valence-electron chi connectivity index (χ1n) is 5.67. The predicted molar refractivity (Wildman–Crippen MR) is 70.1 cm³/mol. The van der Waals surface area contributed by atoms with Gasteiger partial charge in [-0.3, -0.25) is 10.1 Å². The van der Waals surface area contributed by atoms with Gasteiger partial charge in [0, 0.05) is 11.9 Å². The van der Waals surface area contributed by atoms with Crippen LogP contribution in [0.5, 0.6) is 0 Å². The highest BCUT2D eigenvalue weighted by Gasteiger charge is 2.36. The summed E-state index contributed by atoms with van der Waals surface area (Å²) in [6.07, 6.45) is -4.77. The molecular formula is C11H11ClF3NO4S. The Bertz CT molecular complexity index is 645. The second-order valence-electron chi connectivity index (χ2n) is 4.27. The molecule has 0 amide bonds. The number of benzene rings is 1. The number of halogens is 4. The third kappa shape index (κ3) is 3.85. The van der Waals surface area contributed by atoms with Crippen LogP contribution in [0.4, 0.5) is 18.9 Å². The smallest absolute Gasteiger partial charge is 0.258 e. The molecular weight excluding hydrogens is 335 g/mol.